The quantitative estimate of drug-likeness (QED) is 0.224. The summed E-state index contributed by atoms with van der Waals surface area (Å²) in [6.07, 6.45) is 9.13. The minimum atomic E-state index is -0.696. The number of benzene rings is 2. The second-order valence-electron chi connectivity index (χ2n) is 8.50. The summed E-state index contributed by atoms with van der Waals surface area (Å²) >= 11 is 0. The fourth-order valence-electron chi connectivity index (χ4n) is 3.95. The van der Waals surface area contributed by atoms with Crippen LogP contribution in [0.1, 0.15) is 30.8 Å². The van der Waals surface area contributed by atoms with Crippen molar-refractivity contribution in [3.63, 3.8) is 0 Å². The van der Waals surface area contributed by atoms with E-state index >= 15 is 0 Å². The van der Waals surface area contributed by atoms with E-state index in [-0.39, 0.29) is 26.6 Å². The summed E-state index contributed by atoms with van der Waals surface area (Å²) < 4.78 is 27.7. The predicted octanol–water partition coefficient (Wildman–Crippen LogP) is 7.03. The molecule has 2 aromatic carbocycles. The molecular formula is C29H21F2N3Pt. The average Bonchev–Trinajstić information content (AvgIpc) is 3.07. The van der Waals surface area contributed by atoms with Crippen molar-refractivity contribution in [2.75, 3.05) is 4.90 Å². The first kappa shape index (κ1) is 24.7. The molecule has 5 rings (SSSR count). The number of aromatic nitrogens is 2. The Labute approximate surface area is 218 Å². The Balaban J connectivity index is 0.00000289. The Hall–Kier alpha value is -3.43. The van der Waals surface area contributed by atoms with Crippen molar-refractivity contribution < 1.29 is 29.8 Å². The fourth-order valence-corrected chi connectivity index (χ4v) is 3.95. The number of rotatable bonds is 4. The summed E-state index contributed by atoms with van der Waals surface area (Å²) in [7, 11) is 0. The van der Waals surface area contributed by atoms with Crippen LogP contribution in [-0.2, 0) is 26.5 Å². The first-order chi connectivity index (χ1) is 16.4. The molecule has 0 aliphatic carbocycles. The van der Waals surface area contributed by atoms with Crippen LogP contribution in [0, 0.1) is 23.9 Å². The van der Waals surface area contributed by atoms with Gasteiger partial charge in [0, 0.05) is 28.4 Å². The average molecular weight is 645 g/mol. The molecule has 0 unspecified atom stereocenters. The van der Waals surface area contributed by atoms with Crippen molar-refractivity contribution in [2.45, 2.75) is 19.3 Å². The van der Waals surface area contributed by atoms with E-state index in [1.54, 1.807) is 6.07 Å². The molecule has 0 saturated heterocycles. The van der Waals surface area contributed by atoms with Crippen molar-refractivity contribution in [3.05, 3.63) is 126 Å². The number of hydrogen-bond donors (Lipinski definition) is 0. The van der Waals surface area contributed by atoms with Crippen LogP contribution in [0.4, 0.5) is 20.3 Å². The van der Waals surface area contributed by atoms with Crippen LogP contribution in [0.5, 0.6) is 0 Å². The van der Waals surface area contributed by atoms with E-state index in [0.717, 1.165) is 34.9 Å². The van der Waals surface area contributed by atoms with Crippen LogP contribution in [0.3, 0.4) is 0 Å². The number of allylic oxidation sites excluding steroid dienone is 2. The van der Waals surface area contributed by atoms with Gasteiger partial charge in [0.1, 0.15) is 0 Å². The smallest absolute Gasteiger partial charge is 0.421 e. The van der Waals surface area contributed by atoms with Gasteiger partial charge in [-0.25, -0.2) is 0 Å². The molecule has 2 aromatic heterocycles. The zero-order chi connectivity index (χ0) is 23.7. The molecule has 0 amide bonds. The SMILES string of the molecule is CC(C)(c1cccc(-c2[c-]cc(F)cc2F)n1)c1cccc(N2[C-]=CC=Cc3ccccc32)n1.[Pt+2]. The number of para-hydroxylation sites is 1. The third kappa shape index (κ3) is 4.87. The Morgan fingerprint density at radius 3 is 2.43 bits per heavy atom. The molecule has 1 aliphatic heterocycles. The Morgan fingerprint density at radius 2 is 1.63 bits per heavy atom. The van der Waals surface area contributed by atoms with Crippen molar-refractivity contribution in [2.24, 2.45) is 0 Å². The van der Waals surface area contributed by atoms with Crippen LogP contribution in [0.15, 0.2) is 84.9 Å². The summed E-state index contributed by atoms with van der Waals surface area (Å²) in [5, 5.41) is 0. The van der Waals surface area contributed by atoms with Crippen LogP contribution >= 0.6 is 0 Å². The zero-order valence-electron chi connectivity index (χ0n) is 19.1. The van der Waals surface area contributed by atoms with Gasteiger partial charge in [0.15, 0.2) is 0 Å². The van der Waals surface area contributed by atoms with Crippen molar-refractivity contribution in [1.29, 1.82) is 0 Å². The fraction of sp³-hybridized carbons (Fsp3) is 0.103. The van der Waals surface area contributed by atoms with E-state index in [2.05, 4.69) is 18.3 Å². The van der Waals surface area contributed by atoms with Gasteiger partial charge in [0.05, 0.1) is 5.82 Å². The number of nitrogens with zero attached hydrogens (tertiary/aromatic N) is 3. The summed E-state index contributed by atoms with van der Waals surface area (Å²) in [4.78, 5) is 11.6. The topological polar surface area (TPSA) is 29.0 Å². The molecule has 1 aliphatic rings. The molecule has 0 N–H and O–H groups in total. The first-order valence-corrected chi connectivity index (χ1v) is 10.9. The molecule has 0 radical (unpaired) electrons. The summed E-state index contributed by atoms with van der Waals surface area (Å²) in [5.74, 6) is -0.639. The molecule has 3 nitrogen and oxygen atoms in total. The first-order valence-electron chi connectivity index (χ1n) is 10.9. The largest absolute Gasteiger partial charge is 2.00 e. The van der Waals surface area contributed by atoms with Gasteiger partial charge in [0.2, 0.25) is 0 Å². The molecular weight excluding hydrogens is 623 g/mol. The second-order valence-corrected chi connectivity index (χ2v) is 8.50. The van der Waals surface area contributed by atoms with Crippen molar-refractivity contribution >= 4 is 17.6 Å². The van der Waals surface area contributed by atoms with E-state index in [0.29, 0.717) is 11.4 Å². The minimum Gasteiger partial charge on any atom is -0.421 e. The van der Waals surface area contributed by atoms with E-state index in [4.69, 9.17) is 9.97 Å². The summed E-state index contributed by atoms with van der Waals surface area (Å²) in [6.45, 7) is 4.04. The van der Waals surface area contributed by atoms with Crippen molar-refractivity contribution in [1.82, 2.24) is 9.97 Å². The van der Waals surface area contributed by atoms with Gasteiger partial charge in [0.25, 0.3) is 0 Å². The number of halogens is 2. The van der Waals surface area contributed by atoms with E-state index < -0.39 is 17.0 Å². The standard InChI is InChI=1S/C29H21F2N3.Pt/c1-29(2,26-13-7-11-24(32-26)22-17-16-21(30)19-23(22)31)27-14-8-15-28(33-27)34-18-6-5-10-20-9-3-4-12-25(20)34;/h3-16,19H,1-2H3;/q-2;+2. The van der Waals surface area contributed by atoms with E-state index in [1.807, 2.05) is 85.5 Å². The summed E-state index contributed by atoms with van der Waals surface area (Å²) in [6, 6.07) is 23.9. The molecule has 35 heavy (non-hydrogen) atoms. The van der Waals surface area contributed by atoms with Crippen LogP contribution in [0.2, 0.25) is 0 Å². The zero-order valence-corrected chi connectivity index (χ0v) is 21.3. The Bertz CT molecular complexity index is 1430. The summed E-state index contributed by atoms with van der Waals surface area (Å²) in [5.41, 5.74) is 3.51. The molecule has 4 aromatic rings. The number of pyridine rings is 2. The van der Waals surface area contributed by atoms with Gasteiger partial charge in [-0.2, -0.15) is 0 Å². The molecule has 0 saturated carbocycles. The molecule has 3 heterocycles. The normalized spacial score (nSPS) is 12.6. The van der Waals surface area contributed by atoms with Crippen LogP contribution in [-0.4, -0.2) is 9.97 Å². The van der Waals surface area contributed by atoms with E-state index in [1.165, 1.54) is 0 Å². The van der Waals surface area contributed by atoms with E-state index in [9.17, 15) is 8.78 Å². The maximum absolute atomic E-state index is 14.4. The third-order valence-corrected chi connectivity index (χ3v) is 5.86. The Morgan fingerprint density at radius 1 is 0.886 bits per heavy atom. The monoisotopic (exact) mass is 644 g/mol. The number of anilines is 2. The van der Waals surface area contributed by atoms with Crippen molar-refractivity contribution in [3.8, 4) is 11.3 Å². The van der Waals surface area contributed by atoms with Gasteiger partial charge < -0.3 is 9.88 Å². The second kappa shape index (κ2) is 10.0. The molecule has 6 heteroatoms. The van der Waals surface area contributed by atoms with Crippen LogP contribution < -0.4 is 4.90 Å². The maximum Gasteiger partial charge on any atom is 2.00 e. The van der Waals surface area contributed by atoms with Gasteiger partial charge in [-0.15, -0.1) is 30.4 Å². The Kier molecular flexibility index (Phi) is 7.09. The van der Waals surface area contributed by atoms with Gasteiger partial charge in [-0.1, -0.05) is 71.9 Å². The molecule has 0 spiro atoms. The van der Waals surface area contributed by atoms with Crippen LogP contribution in [0.25, 0.3) is 17.3 Å². The predicted molar refractivity (Wildman–Crippen MR) is 130 cm³/mol. The van der Waals surface area contributed by atoms with Gasteiger partial charge in [-0.3, -0.25) is 13.8 Å². The number of hydrogen-bond acceptors (Lipinski definition) is 3. The minimum absolute atomic E-state index is 0. The van der Waals surface area contributed by atoms with Gasteiger partial charge in [-0.05, 0) is 37.4 Å². The maximum atomic E-state index is 14.4. The third-order valence-electron chi connectivity index (χ3n) is 5.86. The molecule has 0 bridgehead atoms. The molecule has 0 fully saturated rings. The number of fused-ring (bicyclic) bond motifs is 1. The molecule has 0 atom stereocenters. The molecule has 176 valence electrons. The van der Waals surface area contributed by atoms with Gasteiger partial charge >= 0.3 is 21.1 Å².